The van der Waals surface area contributed by atoms with Gasteiger partial charge in [-0.1, -0.05) is 0 Å². The van der Waals surface area contributed by atoms with E-state index in [2.05, 4.69) is 5.32 Å². The van der Waals surface area contributed by atoms with Gasteiger partial charge in [0.25, 0.3) is 0 Å². The van der Waals surface area contributed by atoms with E-state index in [0.717, 1.165) is 19.5 Å². The van der Waals surface area contributed by atoms with Crippen LogP contribution in [-0.2, 0) is 14.3 Å². The van der Waals surface area contributed by atoms with Crippen molar-refractivity contribution in [2.24, 2.45) is 5.92 Å². The van der Waals surface area contributed by atoms with Crippen LogP contribution in [0.3, 0.4) is 0 Å². The maximum absolute atomic E-state index is 11.8. The first kappa shape index (κ1) is 10.9. The van der Waals surface area contributed by atoms with Gasteiger partial charge in [-0.15, -0.1) is 0 Å². The zero-order valence-corrected chi connectivity index (χ0v) is 9.63. The van der Waals surface area contributed by atoms with Gasteiger partial charge in [-0.2, -0.15) is 0 Å². The molecule has 0 aromatic carbocycles. The molecule has 0 aromatic heterocycles. The monoisotopic (exact) mass is 213 g/mol. The van der Waals surface area contributed by atoms with Crippen LogP contribution >= 0.6 is 0 Å². The van der Waals surface area contributed by atoms with Crippen molar-refractivity contribution in [1.82, 2.24) is 5.32 Å². The molecule has 15 heavy (non-hydrogen) atoms. The molecule has 4 heteroatoms. The van der Waals surface area contributed by atoms with Gasteiger partial charge in [0.1, 0.15) is 5.60 Å². The molecule has 2 saturated heterocycles. The number of rotatable bonds is 1. The van der Waals surface area contributed by atoms with Crippen LogP contribution in [0.25, 0.3) is 0 Å². The molecule has 2 heterocycles. The van der Waals surface area contributed by atoms with Crippen LogP contribution in [0.5, 0.6) is 0 Å². The number of hydrogen-bond acceptors (Lipinski definition) is 4. The Bertz CT molecular complexity index is 265. The van der Waals surface area contributed by atoms with E-state index < -0.39 is 5.60 Å². The highest BCUT2D eigenvalue weighted by atomic mass is 16.6. The molecule has 2 fully saturated rings. The molecule has 0 radical (unpaired) electrons. The highest BCUT2D eigenvalue weighted by Gasteiger charge is 2.48. The summed E-state index contributed by atoms with van der Waals surface area (Å²) in [7, 11) is 0. The molecule has 0 aromatic rings. The van der Waals surface area contributed by atoms with Crippen LogP contribution in [0.4, 0.5) is 0 Å². The van der Waals surface area contributed by atoms with Crippen LogP contribution in [-0.4, -0.2) is 36.9 Å². The molecular formula is C11H19NO3. The van der Waals surface area contributed by atoms with Crippen molar-refractivity contribution in [3.05, 3.63) is 0 Å². The number of carbonyl (C=O) groups excluding carboxylic acids is 1. The second kappa shape index (κ2) is 3.46. The zero-order chi connectivity index (χ0) is 11.1. The highest BCUT2D eigenvalue weighted by molar-refractivity contribution is 5.73. The SMILES string of the molecule is CC(C)(C)OC(=O)C1COC2(CNC2)C1. The molecule has 0 aliphatic carbocycles. The first-order valence-electron chi connectivity index (χ1n) is 5.48. The molecule has 0 amide bonds. The topological polar surface area (TPSA) is 47.6 Å². The molecular weight excluding hydrogens is 194 g/mol. The lowest BCUT2D eigenvalue weighted by atomic mass is 9.89. The standard InChI is InChI=1S/C11H19NO3/c1-10(2,3)15-9(13)8-4-11(14-5-8)6-12-7-11/h8,12H,4-7H2,1-3H3. The second-order valence-corrected chi connectivity index (χ2v) is 5.53. The van der Waals surface area contributed by atoms with Crippen LogP contribution in [0, 0.1) is 5.92 Å². The minimum atomic E-state index is -0.398. The smallest absolute Gasteiger partial charge is 0.311 e. The van der Waals surface area contributed by atoms with Crippen molar-refractivity contribution in [1.29, 1.82) is 0 Å². The summed E-state index contributed by atoms with van der Waals surface area (Å²) in [5.41, 5.74) is -0.466. The lowest BCUT2D eigenvalue weighted by molar-refractivity contribution is -0.159. The molecule has 1 N–H and O–H groups in total. The van der Waals surface area contributed by atoms with Crippen molar-refractivity contribution in [2.45, 2.75) is 38.4 Å². The summed E-state index contributed by atoms with van der Waals surface area (Å²) in [5.74, 6) is -0.197. The molecule has 1 unspecified atom stereocenters. The molecule has 86 valence electrons. The summed E-state index contributed by atoms with van der Waals surface area (Å²) in [6.07, 6.45) is 0.801. The normalized spacial score (nSPS) is 28.9. The van der Waals surface area contributed by atoms with Crippen molar-refractivity contribution in [2.75, 3.05) is 19.7 Å². The van der Waals surface area contributed by atoms with E-state index in [9.17, 15) is 4.79 Å². The molecule has 4 nitrogen and oxygen atoms in total. The average Bonchev–Trinajstić information content (AvgIpc) is 2.43. The van der Waals surface area contributed by atoms with Gasteiger partial charge < -0.3 is 14.8 Å². The van der Waals surface area contributed by atoms with Crippen molar-refractivity contribution in [3.63, 3.8) is 0 Å². The molecule has 1 spiro atoms. The van der Waals surface area contributed by atoms with Crippen LogP contribution in [0.15, 0.2) is 0 Å². The van der Waals surface area contributed by atoms with Crippen molar-refractivity contribution >= 4 is 5.97 Å². The average molecular weight is 213 g/mol. The summed E-state index contributed by atoms with van der Waals surface area (Å²) < 4.78 is 11.0. The Labute approximate surface area is 90.3 Å². The van der Waals surface area contributed by atoms with E-state index in [1.807, 2.05) is 20.8 Å². The van der Waals surface area contributed by atoms with E-state index in [4.69, 9.17) is 9.47 Å². The van der Waals surface area contributed by atoms with Gasteiger partial charge in [0, 0.05) is 13.1 Å². The molecule has 0 saturated carbocycles. The van der Waals surface area contributed by atoms with Crippen LogP contribution in [0.1, 0.15) is 27.2 Å². The van der Waals surface area contributed by atoms with Gasteiger partial charge in [0.15, 0.2) is 0 Å². The minimum Gasteiger partial charge on any atom is -0.460 e. The number of nitrogens with one attached hydrogen (secondary N) is 1. The van der Waals surface area contributed by atoms with Crippen molar-refractivity contribution < 1.29 is 14.3 Å². The van der Waals surface area contributed by atoms with Gasteiger partial charge in [-0.3, -0.25) is 4.79 Å². The highest BCUT2D eigenvalue weighted by Crippen LogP contribution is 2.34. The van der Waals surface area contributed by atoms with Gasteiger partial charge in [0.05, 0.1) is 18.1 Å². The van der Waals surface area contributed by atoms with Gasteiger partial charge >= 0.3 is 5.97 Å². The quantitative estimate of drug-likeness (QED) is 0.652. The third-order valence-corrected chi connectivity index (χ3v) is 2.84. The zero-order valence-electron chi connectivity index (χ0n) is 9.63. The first-order valence-corrected chi connectivity index (χ1v) is 5.48. The van der Waals surface area contributed by atoms with Crippen LogP contribution in [0.2, 0.25) is 0 Å². The molecule has 1 atom stereocenters. The Hall–Kier alpha value is -0.610. The summed E-state index contributed by atoms with van der Waals surface area (Å²) >= 11 is 0. The predicted molar refractivity (Wildman–Crippen MR) is 55.5 cm³/mol. The minimum absolute atomic E-state index is 0.0679. The molecule has 2 aliphatic heterocycles. The lowest BCUT2D eigenvalue weighted by Gasteiger charge is -2.38. The fraction of sp³-hybridized carbons (Fsp3) is 0.909. The number of ether oxygens (including phenoxy) is 2. The predicted octanol–water partition coefficient (Wildman–Crippen LogP) is 0.707. The Morgan fingerprint density at radius 1 is 1.47 bits per heavy atom. The van der Waals surface area contributed by atoms with E-state index in [-0.39, 0.29) is 17.5 Å². The Kier molecular flexibility index (Phi) is 2.51. The second-order valence-electron chi connectivity index (χ2n) is 5.53. The number of hydrogen-bond donors (Lipinski definition) is 1. The van der Waals surface area contributed by atoms with E-state index in [1.54, 1.807) is 0 Å². The Morgan fingerprint density at radius 3 is 2.53 bits per heavy atom. The molecule has 2 aliphatic rings. The third kappa shape index (κ3) is 2.32. The van der Waals surface area contributed by atoms with Gasteiger partial charge in [0.2, 0.25) is 0 Å². The molecule has 2 rings (SSSR count). The summed E-state index contributed by atoms with van der Waals surface area (Å²) in [6.45, 7) is 7.92. The van der Waals surface area contributed by atoms with E-state index in [0.29, 0.717) is 6.61 Å². The first-order chi connectivity index (χ1) is 6.90. The molecule has 0 bridgehead atoms. The lowest BCUT2D eigenvalue weighted by Crippen LogP contribution is -2.59. The maximum atomic E-state index is 11.8. The van der Waals surface area contributed by atoms with Crippen LogP contribution < -0.4 is 5.32 Å². The van der Waals surface area contributed by atoms with Crippen molar-refractivity contribution in [3.8, 4) is 0 Å². The fourth-order valence-corrected chi connectivity index (χ4v) is 2.03. The Morgan fingerprint density at radius 2 is 2.13 bits per heavy atom. The summed E-state index contributed by atoms with van der Waals surface area (Å²) in [4.78, 5) is 11.8. The summed E-state index contributed by atoms with van der Waals surface area (Å²) in [5, 5.41) is 3.17. The fourth-order valence-electron chi connectivity index (χ4n) is 2.03. The van der Waals surface area contributed by atoms with Gasteiger partial charge in [-0.25, -0.2) is 0 Å². The largest absolute Gasteiger partial charge is 0.460 e. The van der Waals surface area contributed by atoms with E-state index in [1.165, 1.54) is 0 Å². The Balaban J connectivity index is 1.88. The maximum Gasteiger partial charge on any atom is 0.311 e. The number of carbonyl (C=O) groups is 1. The third-order valence-electron chi connectivity index (χ3n) is 2.84. The van der Waals surface area contributed by atoms with E-state index >= 15 is 0 Å². The van der Waals surface area contributed by atoms with Gasteiger partial charge in [-0.05, 0) is 27.2 Å². The summed E-state index contributed by atoms with van der Waals surface area (Å²) in [6, 6.07) is 0. The number of esters is 1.